The number of hydrogen-bond donors (Lipinski definition) is 2. The largest absolute Gasteiger partial charge is 0.433 e. The molecule has 0 radical (unpaired) electrons. The Balaban J connectivity index is 2.13. The summed E-state index contributed by atoms with van der Waals surface area (Å²) in [5, 5.41) is 12.0. The van der Waals surface area contributed by atoms with E-state index in [1.165, 1.54) is 11.0 Å². The molecule has 1 aliphatic rings. The molecule has 2 heterocycles. The second-order valence-electron chi connectivity index (χ2n) is 5.53. The summed E-state index contributed by atoms with van der Waals surface area (Å²) in [6, 6.07) is 3.18. The maximum absolute atomic E-state index is 12.7. The van der Waals surface area contributed by atoms with Crippen LogP contribution in [0.2, 0.25) is 0 Å². The van der Waals surface area contributed by atoms with E-state index < -0.39 is 24.0 Å². The van der Waals surface area contributed by atoms with Crippen molar-refractivity contribution in [3.8, 4) is 0 Å². The summed E-state index contributed by atoms with van der Waals surface area (Å²) in [5.74, 6) is -0.939. The summed E-state index contributed by atoms with van der Waals surface area (Å²) in [7, 11) is 0. The molecule has 1 aliphatic heterocycles. The standard InChI is InChI=1S/C15H18F3N3O3/c16-15(17,18)11-5-1-4-10(19-11)14(24)21-8-2-6-12(22)20-13(23)7-3-9-21/h1,4-5,12,22H,2-3,6-9H2,(H,20,23). The van der Waals surface area contributed by atoms with Crippen molar-refractivity contribution < 1.29 is 27.9 Å². The van der Waals surface area contributed by atoms with Crippen LogP contribution in [0, 0.1) is 0 Å². The van der Waals surface area contributed by atoms with Gasteiger partial charge in [0.25, 0.3) is 5.91 Å². The van der Waals surface area contributed by atoms with Crippen molar-refractivity contribution >= 4 is 11.8 Å². The Hall–Kier alpha value is -2.16. The van der Waals surface area contributed by atoms with Crippen molar-refractivity contribution in [2.45, 2.75) is 38.1 Å². The van der Waals surface area contributed by atoms with Gasteiger partial charge < -0.3 is 15.3 Å². The Bertz CT molecular complexity index is 607. The molecule has 1 saturated heterocycles. The molecule has 0 aliphatic carbocycles. The molecule has 132 valence electrons. The number of aliphatic hydroxyl groups excluding tert-OH is 1. The van der Waals surface area contributed by atoms with Gasteiger partial charge >= 0.3 is 6.18 Å². The third kappa shape index (κ3) is 4.92. The summed E-state index contributed by atoms with van der Waals surface area (Å²) in [6.07, 6.45) is -4.47. The van der Waals surface area contributed by atoms with Crippen molar-refractivity contribution in [2.75, 3.05) is 13.1 Å². The molecule has 9 heteroatoms. The first-order chi connectivity index (χ1) is 11.3. The molecule has 0 bridgehead atoms. The highest BCUT2D eigenvalue weighted by Crippen LogP contribution is 2.27. The van der Waals surface area contributed by atoms with E-state index in [1.807, 2.05) is 0 Å². The number of aromatic nitrogens is 1. The van der Waals surface area contributed by atoms with E-state index in [2.05, 4.69) is 10.3 Å². The lowest BCUT2D eigenvalue weighted by Gasteiger charge is -2.25. The quantitative estimate of drug-likeness (QED) is 0.809. The highest BCUT2D eigenvalue weighted by atomic mass is 19.4. The summed E-state index contributed by atoms with van der Waals surface area (Å²) < 4.78 is 38.2. The van der Waals surface area contributed by atoms with Gasteiger partial charge in [0.15, 0.2) is 0 Å². The SMILES string of the molecule is O=C1CCCN(C(=O)c2cccc(C(F)(F)F)n2)CCCC(O)N1. The fourth-order valence-electron chi connectivity index (χ4n) is 2.42. The second-order valence-corrected chi connectivity index (χ2v) is 5.53. The maximum atomic E-state index is 12.7. The molecule has 6 nitrogen and oxygen atoms in total. The van der Waals surface area contributed by atoms with E-state index in [0.717, 1.165) is 12.1 Å². The predicted molar refractivity (Wildman–Crippen MR) is 77.8 cm³/mol. The van der Waals surface area contributed by atoms with Crippen LogP contribution in [0.3, 0.4) is 0 Å². The van der Waals surface area contributed by atoms with Crippen molar-refractivity contribution in [3.63, 3.8) is 0 Å². The van der Waals surface area contributed by atoms with Crippen molar-refractivity contribution in [1.82, 2.24) is 15.2 Å². The van der Waals surface area contributed by atoms with Gasteiger partial charge in [0.05, 0.1) is 0 Å². The summed E-state index contributed by atoms with van der Waals surface area (Å²) in [4.78, 5) is 28.7. The van der Waals surface area contributed by atoms with Crippen molar-refractivity contribution in [1.29, 1.82) is 0 Å². The first-order valence-corrected chi connectivity index (χ1v) is 7.58. The minimum Gasteiger partial charge on any atom is -0.374 e. The van der Waals surface area contributed by atoms with Crippen LogP contribution in [-0.4, -0.2) is 46.1 Å². The average molecular weight is 345 g/mol. The normalized spacial score (nSPS) is 20.4. The number of amides is 2. The van der Waals surface area contributed by atoms with Crippen LogP contribution >= 0.6 is 0 Å². The van der Waals surface area contributed by atoms with Gasteiger partial charge in [0, 0.05) is 19.5 Å². The van der Waals surface area contributed by atoms with Crippen LogP contribution in [-0.2, 0) is 11.0 Å². The third-order valence-corrected chi connectivity index (χ3v) is 3.61. The van der Waals surface area contributed by atoms with Gasteiger partial charge in [0.2, 0.25) is 5.91 Å². The molecular formula is C15H18F3N3O3. The summed E-state index contributed by atoms with van der Waals surface area (Å²) >= 11 is 0. The number of halogens is 3. The van der Waals surface area contributed by atoms with E-state index in [4.69, 9.17) is 0 Å². The van der Waals surface area contributed by atoms with Gasteiger partial charge in [-0.3, -0.25) is 9.59 Å². The van der Waals surface area contributed by atoms with E-state index in [0.29, 0.717) is 12.8 Å². The molecule has 2 amide bonds. The predicted octanol–water partition coefficient (Wildman–Crippen LogP) is 1.55. The lowest BCUT2D eigenvalue weighted by Crippen LogP contribution is -2.39. The molecule has 0 saturated carbocycles. The minimum absolute atomic E-state index is 0.122. The van der Waals surface area contributed by atoms with E-state index in [-0.39, 0.29) is 37.5 Å². The lowest BCUT2D eigenvalue weighted by molar-refractivity contribution is -0.141. The zero-order chi connectivity index (χ0) is 17.7. The first kappa shape index (κ1) is 18.2. The highest BCUT2D eigenvalue weighted by Gasteiger charge is 2.33. The van der Waals surface area contributed by atoms with Gasteiger partial charge in [-0.15, -0.1) is 0 Å². The zero-order valence-corrected chi connectivity index (χ0v) is 12.8. The molecule has 0 spiro atoms. The molecule has 24 heavy (non-hydrogen) atoms. The Morgan fingerprint density at radius 3 is 2.71 bits per heavy atom. The topological polar surface area (TPSA) is 82.5 Å². The lowest BCUT2D eigenvalue weighted by atomic mass is 10.2. The van der Waals surface area contributed by atoms with Gasteiger partial charge in [0.1, 0.15) is 17.6 Å². The monoisotopic (exact) mass is 345 g/mol. The Morgan fingerprint density at radius 2 is 2.00 bits per heavy atom. The van der Waals surface area contributed by atoms with Crippen LogP contribution in [0.25, 0.3) is 0 Å². The Kier molecular flexibility index (Phi) is 5.76. The van der Waals surface area contributed by atoms with Gasteiger partial charge in [-0.05, 0) is 31.4 Å². The van der Waals surface area contributed by atoms with Gasteiger partial charge in [-0.2, -0.15) is 13.2 Å². The highest BCUT2D eigenvalue weighted by molar-refractivity contribution is 5.92. The van der Waals surface area contributed by atoms with E-state index in [9.17, 15) is 27.9 Å². The summed E-state index contributed by atoms with van der Waals surface area (Å²) in [5.41, 5.74) is -1.41. The van der Waals surface area contributed by atoms with Gasteiger partial charge in [-0.1, -0.05) is 6.07 Å². The van der Waals surface area contributed by atoms with Crippen LogP contribution in [0.4, 0.5) is 13.2 Å². The molecular weight excluding hydrogens is 327 g/mol. The van der Waals surface area contributed by atoms with Crippen LogP contribution in [0.15, 0.2) is 18.2 Å². The molecule has 1 aromatic heterocycles. The molecule has 1 aromatic rings. The molecule has 2 N–H and O–H groups in total. The fraction of sp³-hybridized carbons (Fsp3) is 0.533. The smallest absolute Gasteiger partial charge is 0.374 e. The molecule has 0 aromatic carbocycles. The minimum atomic E-state index is -4.62. The molecule has 2 rings (SSSR count). The number of carbonyl (C=O) groups is 2. The summed E-state index contributed by atoms with van der Waals surface area (Å²) in [6.45, 7) is 0.504. The molecule has 1 fully saturated rings. The number of alkyl halides is 3. The van der Waals surface area contributed by atoms with Crippen molar-refractivity contribution in [2.24, 2.45) is 0 Å². The van der Waals surface area contributed by atoms with Crippen LogP contribution in [0.5, 0.6) is 0 Å². The number of carbonyl (C=O) groups excluding carboxylic acids is 2. The van der Waals surface area contributed by atoms with E-state index in [1.54, 1.807) is 0 Å². The molecule has 1 unspecified atom stereocenters. The fourth-order valence-corrected chi connectivity index (χ4v) is 2.42. The van der Waals surface area contributed by atoms with Gasteiger partial charge in [-0.25, -0.2) is 4.98 Å². The van der Waals surface area contributed by atoms with Crippen LogP contribution < -0.4 is 5.32 Å². The number of hydrogen-bond acceptors (Lipinski definition) is 4. The number of nitrogens with zero attached hydrogens (tertiary/aromatic N) is 2. The maximum Gasteiger partial charge on any atom is 0.433 e. The van der Waals surface area contributed by atoms with Crippen molar-refractivity contribution in [3.05, 3.63) is 29.6 Å². The number of rotatable bonds is 1. The second kappa shape index (κ2) is 7.61. The Labute approximate surface area is 136 Å². The van der Waals surface area contributed by atoms with E-state index >= 15 is 0 Å². The Morgan fingerprint density at radius 1 is 1.29 bits per heavy atom. The first-order valence-electron chi connectivity index (χ1n) is 7.58. The number of pyridine rings is 1. The average Bonchev–Trinajstić information content (AvgIpc) is 2.52. The third-order valence-electron chi connectivity index (χ3n) is 3.61. The number of nitrogens with one attached hydrogen (secondary N) is 1. The molecule has 1 atom stereocenters. The van der Waals surface area contributed by atoms with Crippen LogP contribution in [0.1, 0.15) is 41.9 Å². The number of aliphatic hydroxyl groups is 1. The zero-order valence-electron chi connectivity index (χ0n) is 12.8.